The second-order valence-corrected chi connectivity index (χ2v) is 7.82. The first kappa shape index (κ1) is 20.7. The highest BCUT2D eigenvalue weighted by atomic mass is 16.5. The van der Waals surface area contributed by atoms with Gasteiger partial charge < -0.3 is 15.0 Å². The monoisotopic (exact) mass is 388 g/mol. The standard InChI is InChI=1S/C21H32N4O3/c1-2-13-28-19-14-16(21(27)25-11-3-4-12-25)5-7-18(19)24-20(26)8-6-17-15-22-9-10-23-17/h9-10,15-16,18-19H,2-8,11-14H2,1H3,(H,24,26)/t16-,18-,19-/m0/s1. The van der Waals surface area contributed by atoms with E-state index in [4.69, 9.17) is 4.74 Å². The molecule has 3 atom stereocenters. The van der Waals surface area contributed by atoms with Gasteiger partial charge in [-0.1, -0.05) is 6.92 Å². The summed E-state index contributed by atoms with van der Waals surface area (Å²) in [4.78, 5) is 35.5. The molecule has 28 heavy (non-hydrogen) atoms. The lowest BCUT2D eigenvalue weighted by molar-refractivity contribution is -0.138. The highest BCUT2D eigenvalue weighted by Crippen LogP contribution is 2.29. The Bertz CT molecular complexity index is 634. The zero-order chi connectivity index (χ0) is 19.8. The smallest absolute Gasteiger partial charge is 0.225 e. The number of hydrogen-bond donors (Lipinski definition) is 1. The maximum atomic E-state index is 12.8. The van der Waals surface area contributed by atoms with Crippen LogP contribution in [-0.4, -0.2) is 58.5 Å². The molecule has 0 spiro atoms. The predicted molar refractivity (Wildman–Crippen MR) is 105 cm³/mol. The predicted octanol–water partition coefficient (Wildman–Crippen LogP) is 2.11. The van der Waals surface area contributed by atoms with Gasteiger partial charge in [0.1, 0.15) is 0 Å². The van der Waals surface area contributed by atoms with Crippen molar-refractivity contribution in [3.8, 4) is 0 Å². The highest BCUT2D eigenvalue weighted by Gasteiger charge is 2.37. The number of carbonyl (C=O) groups excluding carboxylic acids is 2. The van der Waals surface area contributed by atoms with Crippen molar-refractivity contribution in [3.05, 3.63) is 24.3 Å². The molecule has 1 saturated heterocycles. The van der Waals surface area contributed by atoms with Gasteiger partial charge in [-0.2, -0.15) is 0 Å². The first-order chi connectivity index (χ1) is 13.7. The Hall–Kier alpha value is -2.02. The number of amides is 2. The number of ether oxygens (including phenoxy) is 1. The lowest BCUT2D eigenvalue weighted by Gasteiger charge is -2.37. The molecule has 7 heteroatoms. The summed E-state index contributed by atoms with van der Waals surface area (Å²) in [6.45, 7) is 4.50. The Morgan fingerprint density at radius 3 is 2.79 bits per heavy atom. The zero-order valence-corrected chi connectivity index (χ0v) is 16.8. The fourth-order valence-electron chi connectivity index (χ4n) is 4.15. The van der Waals surface area contributed by atoms with E-state index in [9.17, 15) is 9.59 Å². The van der Waals surface area contributed by atoms with Crippen LogP contribution in [0.1, 0.15) is 57.6 Å². The Balaban J connectivity index is 1.52. The molecule has 1 N–H and O–H groups in total. The SMILES string of the molecule is CCCO[C@H]1C[C@@H](C(=O)N2CCCC2)CC[C@@H]1NC(=O)CCc1cnccn1. The van der Waals surface area contributed by atoms with Gasteiger partial charge in [0.2, 0.25) is 11.8 Å². The molecule has 1 aliphatic carbocycles. The minimum absolute atomic E-state index is 0.00470. The highest BCUT2D eigenvalue weighted by molar-refractivity contribution is 5.79. The Morgan fingerprint density at radius 1 is 1.25 bits per heavy atom. The van der Waals surface area contributed by atoms with Crippen molar-refractivity contribution < 1.29 is 14.3 Å². The molecule has 7 nitrogen and oxygen atoms in total. The van der Waals surface area contributed by atoms with Crippen molar-refractivity contribution in [2.75, 3.05) is 19.7 Å². The van der Waals surface area contributed by atoms with Crippen molar-refractivity contribution in [1.29, 1.82) is 0 Å². The molecule has 1 aliphatic heterocycles. The van der Waals surface area contributed by atoms with Gasteiger partial charge in [0.05, 0.1) is 17.8 Å². The van der Waals surface area contributed by atoms with Gasteiger partial charge in [0, 0.05) is 50.6 Å². The molecule has 0 bridgehead atoms. The van der Waals surface area contributed by atoms with E-state index in [0.717, 1.165) is 50.9 Å². The van der Waals surface area contributed by atoms with Crippen molar-refractivity contribution in [3.63, 3.8) is 0 Å². The molecule has 154 valence electrons. The normalized spacial score (nSPS) is 24.9. The van der Waals surface area contributed by atoms with Gasteiger partial charge in [-0.3, -0.25) is 19.6 Å². The zero-order valence-electron chi connectivity index (χ0n) is 16.8. The molecular formula is C21H32N4O3. The average molecular weight is 389 g/mol. The summed E-state index contributed by atoms with van der Waals surface area (Å²) in [7, 11) is 0. The second-order valence-electron chi connectivity index (χ2n) is 7.82. The minimum atomic E-state index is -0.0919. The van der Waals surface area contributed by atoms with Gasteiger partial charge in [-0.15, -0.1) is 0 Å². The molecule has 2 heterocycles. The Kier molecular flexibility index (Phi) is 7.77. The van der Waals surface area contributed by atoms with Crippen molar-refractivity contribution in [2.45, 2.75) is 70.4 Å². The van der Waals surface area contributed by atoms with Gasteiger partial charge in [-0.25, -0.2) is 0 Å². The molecule has 0 radical (unpaired) electrons. The number of carbonyl (C=O) groups is 2. The van der Waals surface area contributed by atoms with E-state index in [-0.39, 0.29) is 29.9 Å². The quantitative estimate of drug-likeness (QED) is 0.737. The molecule has 3 rings (SSSR count). The first-order valence-corrected chi connectivity index (χ1v) is 10.6. The molecule has 1 saturated carbocycles. The molecule has 2 amide bonds. The van der Waals surface area contributed by atoms with E-state index >= 15 is 0 Å². The van der Waals surface area contributed by atoms with E-state index in [1.165, 1.54) is 0 Å². The summed E-state index contributed by atoms with van der Waals surface area (Å²) in [6, 6.07) is -0.0245. The number of rotatable bonds is 8. The molecular weight excluding hydrogens is 356 g/mol. The van der Waals surface area contributed by atoms with Gasteiger partial charge >= 0.3 is 0 Å². The van der Waals surface area contributed by atoms with Gasteiger partial charge in [-0.05, 0) is 44.9 Å². The number of likely N-dealkylation sites (tertiary alicyclic amines) is 1. The van der Waals surface area contributed by atoms with Crippen molar-refractivity contribution in [2.24, 2.45) is 5.92 Å². The number of aromatic nitrogens is 2. The summed E-state index contributed by atoms with van der Waals surface area (Å²) in [6.07, 6.45) is 11.3. The van der Waals surface area contributed by atoms with E-state index in [1.54, 1.807) is 18.6 Å². The van der Waals surface area contributed by atoms with Crippen LogP contribution in [0.25, 0.3) is 0 Å². The lowest BCUT2D eigenvalue weighted by atomic mass is 9.82. The average Bonchev–Trinajstić information content (AvgIpc) is 3.26. The fourth-order valence-corrected chi connectivity index (χ4v) is 4.15. The Labute approximate surface area is 167 Å². The summed E-state index contributed by atoms with van der Waals surface area (Å²) >= 11 is 0. The third-order valence-corrected chi connectivity index (χ3v) is 5.67. The van der Waals surface area contributed by atoms with Crippen LogP contribution in [-0.2, 0) is 20.7 Å². The Morgan fingerprint density at radius 2 is 2.07 bits per heavy atom. The van der Waals surface area contributed by atoms with Crippen LogP contribution in [0.15, 0.2) is 18.6 Å². The van der Waals surface area contributed by atoms with Crippen LogP contribution in [0, 0.1) is 5.92 Å². The molecule has 0 unspecified atom stereocenters. The molecule has 2 aliphatic rings. The van der Waals surface area contributed by atoms with Crippen molar-refractivity contribution >= 4 is 11.8 Å². The summed E-state index contributed by atoms with van der Waals surface area (Å²) in [5.41, 5.74) is 0.816. The fraction of sp³-hybridized carbons (Fsp3) is 0.714. The first-order valence-electron chi connectivity index (χ1n) is 10.6. The molecule has 0 aromatic carbocycles. The largest absolute Gasteiger partial charge is 0.376 e. The number of nitrogens with zero attached hydrogens (tertiary/aromatic N) is 3. The number of hydrogen-bond acceptors (Lipinski definition) is 5. The molecule has 1 aromatic heterocycles. The van der Waals surface area contributed by atoms with Crippen LogP contribution in [0.5, 0.6) is 0 Å². The van der Waals surface area contributed by atoms with Crippen LogP contribution in [0.3, 0.4) is 0 Å². The maximum absolute atomic E-state index is 12.8. The van der Waals surface area contributed by atoms with Crippen LogP contribution in [0.2, 0.25) is 0 Å². The maximum Gasteiger partial charge on any atom is 0.225 e. The summed E-state index contributed by atoms with van der Waals surface area (Å²) < 4.78 is 6.04. The third kappa shape index (κ3) is 5.74. The third-order valence-electron chi connectivity index (χ3n) is 5.67. The van der Waals surface area contributed by atoms with Crippen LogP contribution < -0.4 is 5.32 Å². The summed E-state index contributed by atoms with van der Waals surface area (Å²) in [5, 5.41) is 3.14. The number of nitrogens with one attached hydrogen (secondary N) is 1. The molecule has 1 aromatic rings. The van der Waals surface area contributed by atoms with E-state index in [2.05, 4.69) is 22.2 Å². The number of aryl methyl sites for hydroxylation is 1. The minimum Gasteiger partial charge on any atom is -0.376 e. The topological polar surface area (TPSA) is 84.4 Å². The van der Waals surface area contributed by atoms with Crippen LogP contribution in [0.4, 0.5) is 0 Å². The summed E-state index contributed by atoms with van der Waals surface area (Å²) in [5.74, 6) is 0.299. The van der Waals surface area contributed by atoms with E-state index < -0.39 is 0 Å². The van der Waals surface area contributed by atoms with E-state index in [1.807, 2.05) is 4.90 Å². The van der Waals surface area contributed by atoms with Crippen molar-refractivity contribution in [1.82, 2.24) is 20.2 Å². The van der Waals surface area contributed by atoms with Gasteiger partial charge in [0.25, 0.3) is 0 Å². The molecule has 2 fully saturated rings. The lowest BCUT2D eigenvalue weighted by Crippen LogP contribution is -2.50. The van der Waals surface area contributed by atoms with E-state index in [0.29, 0.717) is 25.9 Å². The van der Waals surface area contributed by atoms with Crippen LogP contribution >= 0.6 is 0 Å². The second kappa shape index (κ2) is 10.5. The van der Waals surface area contributed by atoms with Gasteiger partial charge in [0.15, 0.2) is 0 Å².